The third-order valence-corrected chi connectivity index (χ3v) is 13.9. The molecule has 0 atom stereocenters. The number of aryl methyl sites for hydroxylation is 2. The number of hydrogen-bond acceptors (Lipinski definition) is 3. The van der Waals surface area contributed by atoms with E-state index >= 15 is 0 Å². The molecule has 3 heteroatoms. The highest BCUT2D eigenvalue weighted by molar-refractivity contribution is 6.13. The predicted octanol–water partition coefficient (Wildman–Crippen LogP) is 18.4. The minimum Gasteiger partial charge on any atom is -0.456 e. The zero-order chi connectivity index (χ0) is 44.6. The van der Waals surface area contributed by atoms with Crippen molar-refractivity contribution >= 4 is 88.0 Å². The monoisotopic (exact) mass is 856 g/mol. The number of ether oxygens (including phenoxy) is 1. The van der Waals surface area contributed by atoms with Crippen molar-refractivity contribution in [2.45, 2.75) is 13.8 Å². The molecule has 12 aromatic rings. The largest absolute Gasteiger partial charge is 0.456 e. The molecule has 12 aromatic carbocycles. The van der Waals surface area contributed by atoms with Gasteiger partial charge >= 0.3 is 0 Å². The maximum atomic E-state index is 7.05. The van der Waals surface area contributed by atoms with Gasteiger partial charge in [-0.3, -0.25) is 0 Å². The summed E-state index contributed by atoms with van der Waals surface area (Å²) < 4.78 is 7.05. The molecule has 316 valence electrons. The van der Waals surface area contributed by atoms with Crippen molar-refractivity contribution in [3.8, 4) is 33.8 Å². The summed E-state index contributed by atoms with van der Waals surface area (Å²) in [5, 5.41) is 12.0. The van der Waals surface area contributed by atoms with Crippen LogP contribution in [0.4, 0.5) is 34.1 Å². The molecular formula is C64H44N2O. The first-order valence-electron chi connectivity index (χ1n) is 23.1. The van der Waals surface area contributed by atoms with E-state index in [1.165, 1.54) is 76.3 Å². The smallest absolute Gasteiger partial charge is 0.137 e. The van der Waals surface area contributed by atoms with E-state index in [4.69, 9.17) is 4.74 Å². The van der Waals surface area contributed by atoms with Gasteiger partial charge in [-0.25, -0.2) is 0 Å². The van der Waals surface area contributed by atoms with Gasteiger partial charge in [0.05, 0.1) is 22.7 Å². The van der Waals surface area contributed by atoms with Gasteiger partial charge in [-0.05, 0) is 123 Å². The summed E-state index contributed by atoms with van der Waals surface area (Å²) in [6.07, 6.45) is 0. The van der Waals surface area contributed by atoms with Crippen molar-refractivity contribution < 1.29 is 4.74 Å². The molecule has 1 heterocycles. The number of anilines is 6. The molecule has 0 aromatic heterocycles. The van der Waals surface area contributed by atoms with Crippen LogP contribution in [0.25, 0.3) is 76.1 Å². The normalized spacial score (nSPS) is 11.9. The number of fused-ring (bicyclic) bond motifs is 6. The Hall–Kier alpha value is -8.66. The van der Waals surface area contributed by atoms with Gasteiger partial charge in [0.1, 0.15) is 11.5 Å². The third-order valence-electron chi connectivity index (χ3n) is 13.9. The van der Waals surface area contributed by atoms with Gasteiger partial charge in [-0.15, -0.1) is 0 Å². The number of hydrogen-bond donors (Lipinski definition) is 0. The summed E-state index contributed by atoms with van der Waals surface area (Å²) in [6, 6.07) is 83.7. The molecule has 0 saturated carbocycles. The minimum absolute atomic E-state index is 0.843. The van der Waals surface area contributed by atoms with E-state index in [2.05, 4.69) is 254 Å². The fraction of sp³-hybridized carbons (Fsp3) is 0.0312. The maximum absolute atomic E-state index is 7.05. The molecule has 0 spiro atoms. The summed E-state index contributed by atoms with van der Waals surface area (Å²) in [5.41, 5.74) is 13.8. The van der Waals surface area contributed by atoms with Crippen molar-refractivity contribution in [1.29, 1.82) is 0 Å². The Bertz CT molecular complexity index is 3780. The summed E-state index contributed by atoms with van der Waals surface area (Å²) >= 11 is 0. The molecule has 13 rings (SSSR count). The molecule has 0 saturated heterocycles. The molecule has 1 aliphatic heterocycles. The lowest BCUT2D eigenvalue weighted by molar-refractivity contribution is 0.487. The summed E-state index contributed by atoms with van der Waals surface area (Å²) in [4.78, 5) is 4.83. The van der Waals surface area contributed by atoms with E-state index in [0.717, 1.165) is 56.6 Å². The molecule has 67 heavy (non-hydrogen) atoms. The predicted molar refractivity (Wildman–Crippen MR) is 284 cm³/mol. The fourth-order valence-corrected chi connectivity index (χ4v) is 10.8. The van der Waals surface area contributed by atoms with Crippen LogP contribution in [0, 0.1) is 13.8 Å². The van der Waals surface area contributed by atoms with Crippen LogP contribution >= 0.6 is 0 Å². The molecular weight excluding hydrogens is 813 g/mol. The fourth-order valence-electron chi connectivity index (χ4n) is 10.8. The topological polar surface area (TPSA) is 15.7 Å². The highest BCUT2D eigenvalue weighted by atomic mass is 16.5. The van der Waals surface area contributed by atoms with Crippen LogP contribution in [0.1, 0.15) is 11.1 Å². The standard InChI is InChI=1S/C64H44N2O/c1-41-31-38-61-64-56(54-35-33-48(40-62(54)67-61)66(59-29-13-21-45-17-5-9-25-52(45)59)60-30-14-22-46-18-6-10-26-53(46)60)37-36-55(63(41)64)49-34-32-47(39-42(49)2)65(57-27-11-19-43-15-3-7-23-50(43)57)58-28-12-20-44-16-4-8-24-51(44)58/h3-40H,1-2H3. The Kier molecular flexibility index (Phi) is 8.97. The first-order valence-corrected chi connectivity index (χ1v) is 23.1. The maximum Gasteiger partial charge on any atom is 0.137 e. The molecule has 0 fully saturated rings. The Balaban J connectivity index is 0.944. The Labute approximate surface area is 390 Å². The second kappa shape index (κ2) is 15.5. The third kappa shape index (κ3) is 6.27. The Morgan fingerprint density at radius 3 is 1.13 bits per heavy atom. The van der Waals surface area contributed by atoms with Crippen LogP contribution in [0.3, 0.4) is 0 Å². The Morgan fingerprint density at radius 1 is 0.284 bits per heavy atom. The molecule has 0 unspecified atom stereocenters. The van der Waals surface area contributed by atoms with Crippen molar-refractivity contribution in [2.75, 3.05) is 9.80 Å². The first-order chi connectivity index (χ1) is 33.1. The number of benzene rings is 12. The molecule has 0 bridgehead atoms. The lowest BCUT2D eigenvalue weighted by atomic mass is 9.86. The van der Waals surface area contributed by atoms with E-state index in [0.29, 0.717) is 0 Å². The van der Waals surface area contributed by atoms with E-state index in [-0.39, 0.29) is 0 Å². The van der Waals surface area contributed by atoms with E-state index < -0.39 is 0 Å². The van der Waals surface area contributed by atoms with Gasteiger partial charge < -0.3 is 14.5 Å². The van der Waals surface area contributed by atoms with Gasteiger partial charge in [0, 0.05) is 49.9 Å². The SMILES string of the molecule is Cc1cc(N(c2cccc3ccccc23)c2cccc3ccccc23)ccc1-c1ccc2c3c(ccc(C)c13)Oc1cc(N(c3cccc4ccccc34)c3cccc4ccccc34)ccc1-2. The van der Waals surface area contributed by atoms with Crippen molar-refractivity contribution in [3.05, 3.63) is 242 Å². The molecule has 3 nitrogen and oxygen atoms in total. The van der Waals surface area contributed by atoms with Crippen LogP contribution in [0.5, 0.6) is 11.5 Å². The molecule has 0 radical (unpaired) electrons. The van der Waals surface area contributed by atoms with Gasteiger partial charge in [-0.1, -0.05) is 170 Å². The van der Waals surface area contributed by atoms with Crippen LogP contribution in [0.2, 0.25) is 0 Å². The quantitative estimate of drug-likeness (QED) is 0.159. The Morgan fingerprint density at radius 2 is 0.672 bits per heavy atom. The lowest BCUT2D eigenvalue weighted by Gasteiger charge is -2.30. The molecule has 0 N–H and O–H groups in total. The van der Waals surface area contributed by atoms with E-state index in [9.17, 15) is 0 Å². The van der Waals surface area contributed by atoms with Crippen LogP contribution in [-0.2, 0) is 0 Å². The molecule has 0 amide bonds. The van der Waals surface area contributed by atoms with Crippen LogP contribution < -0.4 is 14.5 Å². The number of rotatable bonds is 7. The van der Waals surface area contributed by atoms with Crippen molar-refractivity contribution in [2.24, 2.45) is 0 Å². The highest BCUT2D eigenvalue weighted by Crippen LogP contribution is 2.53. The average molecular weight is 857 g/mol. The van der Waals surface area contributed by atoms with Crippen molar-refractivity contribution in [1.82, 2.24) is 0 Å². The average Bonchev–Trinajstić information content (AvgIpc) is 3.38. The highest BCUT2D eigenvalue weighted by Gasteiger charge is 2.27. The van der Waals surface area contributed by atoms with Gasteiger partial charge in [0.2, 0.25) is 0 Å². The second-order valence-corrected chi connectivity index (χ2v) is 17.7. The van der Waals surface area contributed by atoms with Crippen LogP contribution in [0.15, 0.2) is 231 Å². The summed E-state index contributed by atoms with van der Waals surface area (Å²) in [6.45, 7) is 4.47. The molecule has 1 aliphatic rings. The van der Waals surface area contributed by atoms with Gasteiger partial charge in [-0.2, -0.15) is 0 Å². The van der Waals surface area contributed by atoms with Crippen molar-refractivity contribution in [3.63, 3.8) is 0 Å². The number of nitrogens with zero attached hydrogens (tertiary/aromatic N) is 2. The zero-order valence-electron chi connectivity index (χ0n) is 37.2. The van der Waals surface area contributed by atoms with Gasteiger partial charge in [0.15, 0.2) is 0 Å². The van der Waals surface area contributed by atoms with E-state index in [1.807, 2.05) is 0 Å². The lowest BCUT2D eigenvalue weighted by Crippen LogP contribution is -2.12. The van der Waals surface area contributed by atoms with Gasteiger partial charge in [0.25, 0.3) is 0 Å². The summed E-state index contributed by atoms with van der Waals surface area (Å²) in [5.74, 6) is 1.72. The minimum atomic E-state index is 0.843. The van der Waals surface area contributed by atoms with Crippen LogP contribution in [-0.4, -0.2) is 0 Å². The molecule has 0 aliphatic carbocycles. The zero-order valence-corrected chi connectivity index (χ0v) is 37.2. The summed E-state index contributed by atoms with van der Waals surface area (Å²) in [7, 11) is 0. The first kappa shape index (κ1) is 38.8. The van der Waals surface area contributed by atoms with E-state index in [1.54, 1.807) is 0 Å². The second-order valence-electron chi connectivity index (χ2n) is 17.7.